The van der Waals surface area contributed by atoms with Gasteiger partial charge in [0.15, 0.2) is 0 Å². The van der Waals surface area contributed by atoms with E-state index in [0.717, 1.165) is 11.9 Å². The molecule has 0 aliphatic carbocycles. The van der Waals surface area contributed by atoms with Crippen LogP contribution in [0.25, 0.3) is 0 Å². The summed E-state index contributed by atoms with van der Waals surface area (Å²) in [5, 5.41) is 29.8. The first-order chi connectivity index (χ1) is 12.8. The van der Waals surface area contributed by atoms with Crippen molar-refractivity contribution in [1.82, 2.24) is 29.8 Å². The highest BCUT2D eigenvalue weighted by molar-refractivity contribution is 6.12. The summed E-state index contributed by atoms with van der Waals surface area (Å²) in [4.78, 5) is 35.2. The predicted octanol–water partition coefficient (Wildman–Crippen LogP) is 0.598. The third-order valence-electron chi connectivity index (χ3n) is 3.93. The van der Waals surface area contributed by atoms with Crippen LogP contribution in [0.2, 0.25) is 0 Å². The van der Waals surface area contributed by atoms with Crippen LogP contribution in [0.1, 0.15) is 26.7 Å². The van der Waals surface area contributed by atoms with Crippen molar-refractivity contribution >= 4 is 28.9 Å². The van der Waals surface area contributed by atoms with Crippen LogP contribution < -0.4 is 10.6 Å². The molecule has 0 atom stereocenters. The molecular weight excluding hydrogens is 358 g/mol. The number of nitrogens with zero attached hydrogens (tertiary/aromatic N) is 6. The van der Waals surface area contributed by atoms with E-state index < -0.39 is 22.4 Å². The number of anilines is 2. The molecule has 0 aliphatic heterocycles. The van der Waals surface area contributed by atoms with Crippen molar-refractivity contribution in [3.63, 3.8) is 0 Å². The van der Waals surface area contributed by atoms with Gasteiger partial charge < -0.3 is 10.6 Å². The maximum Gasteiger partial charge on any atom is 0.319 e. The lowest BCUT2D eigenvalue weighted by molar-refractivity contribution is -0.385. The van der Waals surface area contributed by atoms with E-state index in [1.807, 2.05) is 0 Å². The fraction of sp³-hybridized carbons (Fsp3) is 0.214. The van der Waals surface area contributed by atoms with Gasteiger partial charge in [-0.05, 0) is 6.92 Å². The Hall–Kier alpha value is -4.03. The number of hydrogen-bond acceptors (Lipinski definition) is 7. The molecule has 3 heterocycles. The highest BCUT2D eigenvalue weighted by atomic mass is 16.6. The third-order valence-corrected chi connectivity index (χ3v) is 3.93. The average molecular weight is 373 g/mol. The van der Waals surface area contributed by atoms with Crippen LogP contribution in [0.4, 0.5) is 17.1 Å². The first kappa shape index (κ1) is 17.8. The molecule has 0 aromatic carbocycles. The van der Waals surface area contributed by atoms with Gasteiger partial charge in [-0.15, -0.1) is 0 Å². The zero-order chi connectivity index (χ0) is 19.7. The minimum Gasteiger partial charge on any atom is -0.318 e. The molecule has 27 heavy (non-hydrogen) atoms. The minimum atomic E-state index is -0.821. The molecule has 2 amide bonds. The summed E-state index contributed by atoms with van der Waals surface area (Å²) in [6.45, 7) is 1.78. The highest BCUT2D eigenvalue weighted by Gasteiger charge is 2.26. The standard InChI is InChI=1S/C14H15N9O4/c1-7-8(4-16-21(7)2)18-14(25)12-9(5-17-22(12)3)19-13(24)11-10(23(26)27)6-15-20-11/h4-6H,1-3H3,(H,15,20)(H,18,25)(H,19,24). The lowest BCUT2D eigenvalue weighted by Gasteiger charge is -2.08. The number of carbonyl (C=O) groups is 2. The number of amides is 2. The Morgan fingerprint density at radius 2 is 1.70 bits per heavy atom. The number of carbonyl (C=O) groups excluding carboxylic acids is 2. The van der Waals surface area contributed by atoms with Crippen molar-refractivity contribution in [1.29, 1.82) is 0 Å². The molecule has 140 valence electrons. The van der Waals surface area contributed by atoms with Crippen molar-refractivity contribution in [3.05, 3.63) is 45.8 Å². The Morgan fingerprint density at radius 3 is 2.33 bits per heavy atom. The van der Waals surface area contributed by atoms with Gasteiger partial charge in [-0.25, -0.2) is 0 Å². The van der Waals surface area contributed by atoms with Crippen molar-refractivity contribution in [2.75, 3.05) is 10.6 Å². The van der Waals surface area contributed by atoms with Gasteiger partial charge in [-0.1, -0.05) is 0 Å². The number of aromatic nitrogens is 6. The zero-order valence-electron chi connectivity index (χ0n) is 14.5. The number of hydrogen-bond donors (Lipinski definition) is 3. The second-order valence-electron chi connectivity index (χ2n) is 5.59. The molecule has 0 unspecified atom stereocenters. The second-order valence-corrected chi connectivity index (χ2v) is 5.59. The summed E-state index contributed by atoms with van der Waals surface area (Å²) < 4.78 is 2.87. The molecule has 3 N–H and O–H groups in total. The minimum absolute atomic E-state index is 0.0637. The Balaban J connectivity index is 1.85. The second kappa shape index (κ2) is 6.70. The van der Waals surface area contributed by atoms with Gasteiger partial charge in [0, 0.05) is 14.1 Å². The molecule has 3 aromatic heterocycles. The average Bonchev–Trinajstić information content (AvgIpc) is 3.31. The number of aryl methyl sites for hydroxylation is 2. The summed E-state index contributed by atoms with van der Waals surface area (Å²) in [6, 6.07) is 0. The van der Waals surface area contributed by atoms with Crippen molar-refractivity contribution < 1.29 is 14.5 Å². The summed E-state index contributed by atoms with van der Waals surface area (Å²) in [7, 11) is 3.26. The summed E-state index contributed by atoms with van der Waals surface area (Å²) >= 11 is 0. The van der Waals surface area contributed by atoms with E-state index in [2.05, 4.69) is 31.0 Å². The molecule has 0 saturated carbocycles. The number of H-pyrrole nitrogens is 1. The van der Waals surface area contributed by atoms with Crippen molar-refractivity contribution in [2.24, 2.45) is 14.1 Å². The molecule has 0 spiro atoms. The van der Waals surface area contributed by atoms with Gasteiger partial charge in [0.05, 0.1) is 34.4 Å². The van der Waals surface area contributed by atoms with Crippen LogP contribution in [-0.4, -0.2) is 46.5 Å². The molecule has 0 bridgehead atoms. The van der Waals surface area contributed by atoms with E-state index in [9.17, 15) is 19.7 Å². The normalized spacial score (nSPS) is 10.6. The summed E-state index contributed by atoms with van der Waals surface area (Å²) in [5.41, 5.74) is 0.584. The van der Waals surface area contributed by atoms with Crippen LogP contribution in [0.5, 0.6) is 0 Å². The van der Waals surface area contributed by atoms with Crippen LogP contribution in [0, 0.1) is 17.0 Å². The van der Waals surface area contributed by atoms with E-state index in [0.29, 0.717) is 5.69 Å². The number of nitro groups is 1. The Kier molecular flexibility index (Phi) is 4.41. The van der Waals surface area contributed by atoms with E-state index in [-0.39, 0.29) is 17.1 Å². The SMILES string of the molecule is Cc1c(NC(=O)c2c(NC(=O)c3[nH]ncc3[N+](=O)[O-])cnn2C)cnn1C. The third kappa shape index (κ3) is 3.24. The topological polar surface area (TPSA) is 166 Å². The molecule has 0 radical (unpaired) electrons. The van der Waals surface area contributed by atoms with Gasteiger partial charge in [-0.2, -0.15) is 15.3 Å². The Morgan fingerprint density at radius 1 is 1.07 bits per heavy atom. The molecule has 13 heteroatoms. The van der Waals surface area contributed by atoms with E-state index in [1.165, 1.54) is 24.1 Å². The Bertz CT molecular complexity index is 1050. The highest BCUT2D eigenvalue weighted by Crippen LogP contribution is 2.21. The quantitative estimate of drug-likeness (QED) is 0.435. The van der Waals surface area contributed by atoms with Gasteiger partial charge in [0.2, 0.25) is 5.69 Å². The molecule has 3 aromatic rings. The fourth-order valence-corrected chi connectivity index (χ4v) is 2.37. The maximum atomic E-state index is 12.6. The van der Waals surface area contributed by atoms with Crippen LogP contribution in [-0.2, 0) is 14.1 Å². The predicted molar refractivity (Wildman–Crippen MR) is 92.3 cm³/mol. The van der Waals surface area contributed by atoms with Gasteiger partial charge in [0.25, 0.3) is 11.8 Å². The largest absolute Gasteiger partial charge is 0.319 e. The monoisotopic (exact) mass is 373 g/mol. The smallest absolute Gasteiger partial charge is 0.318 e. The number of rotatable bonds is 5. The lowest BCUT2D eigenvalue weighted by Crippen LogP contribution is -2.21. The van der Waals surface area contributed by atoms with Crippen LogP contribution >= 0.6 is 0 Å². The summed E-state index contributed by atoms with van der Waals surface area (Å²) in [5.74, 6) is -1.35. The molecule has 0 saturated heterocycles. The first-order valence-electron chi connectivity index (χ1n) is 7.60. The maximum absolute atomic E-state index is 12.6. The zero-order valence-corrected chi connectivity index (χ0v) is 14.5. The van der Waals surface area contributed by atoms with Crippen LogP contribution in [0.3, 0.4) is 0 Å². The molecule has 0 fully saturated rings. The van der Waals surface area contributed by atoms with E-state index >= 15 is 0 Å². The van der Waals surface area contributed by atoms with Gasteiger partial charge in [0.1, 0.15) is 11.9 Å². The van der Waals surface area contributed by atoms with E-state index in [1.54, 1.807) is 18.7 Å². The first-order valence-corrected chi connectivity index (χ1v) is 7.60. The number of nitrogens with one attached hydrogen (secondary N) is 3. The summed E-state index contributed by atoms with van der Waals surface area (Å²) in [6.07, 6.45) is 3.69. The molecule has 3 rings (SSSR count). The van der Waals surface area contributed by atoms with Gasteiger partial charge >= 0.3 is 5.69 Å². The fourth-order valence-electron chi connectivity index (χ4n) is 2.37. The van der Waals surface area contributed by atoms with Crippen molar-refractivity contribution in [3.8, 4) is 0 Å². The van der Waals surface area contributed by atoms with E-state index in [4.69, 9.17) is 0 Å². The molecular formula is C14H15N9O4. The van der Waals surface area contributed by atoms with Gasteiger partial charge in [-0.3, -0.25) is 34.2 Å². The number of aromatic amines is 1. The molecule has 13 nitrogen and oxygen atoms in total. The lowest BCUT2D eigenvalue weighted by atomic mass is 10.3. The van der Waals surface area contributed by atoms with Crippen molar-refractivity contribution in [2.45, 2.75) is 6.92 Å². The Labute approximate surface area is 151 Å². The molecule has 0 aliphatic rings. The van der Waals surface area contributed by atoms with Crippen LogP contribution in [0.15, 0.2) is 18.6 Å².